The van der Waals surface area contributed by atoms with Crippen molar-refractivity contribution in [2.75, 3.05) is 26.2 Å². The van der Waals surface area contributed by atoms with Crippen molar-refractivity contribution in [2.45, 2.75) is 65.4 Å². The molecule has 0 radical (unpaired) electrons. The van der Waals surface area contributed by atoms with Crippen LogP contribution in [-0.4, -0.2) is 68.5 Å². The minimum absolute atomic E-state index is 0.0393. The standard InChI is InChI=1S/C24H34ClN5O4/c1-16-14-18(27-34-16)20-17(21(25)28(5)26-20)15-19(31)29-10-6-24(7-11-29)8-12-30(13-9-24)22(32)33-23(2,3)4/h14H,6-13,15H2,1-5H3. The van der Waals surface area contributed by atoms with E-state index >= 15 is 0 Å². The lowest BCUT2D eigenvalue weighted by Gasteiger charge is -2.46. The van der Waals surface area contributed by atoms with Gasteiger partial charge in [0.1, 0.15) is 27.9 Å². The molecule has 2 aromatic heterocycles. The molecule has 0 N–H and O–H groups in total. The first kappa shape index (κ1) is 24.6. The van der Waals surface area contributed by atoms with E-state index < -0.39 is 5.60 Å². The van der Waals surface area contributed by atoms with Crippen LogP contribution in [0.5, 0.6) is 0 Å². The summed E-state index contributed by atoms with van der Waals surface area (Å²) in [6.07, 6.45) is 3.71. The van der Waals surface area contributed by atoms with Crippen LogP contribution < -0.4 is 0 Å². The molecule has 4 rings (SSSR count). The summed E-state index contributed by atoms with van der Waals surface area (Å²) in [4.78, 5) is 29.3. The normalized spacial score (nSPS) is 18.4. The number of nitrogens with zero attached hydrogens (tertiary/aromatic N) is 5. The molecule has 0 aromatic carbocycles. The molecule has 4 heterocycles. The maximum atomic E-state index is 13.2. The summed E-state index contributed by atoms with van der Waals surface area (Å²) in [7, 11) is 1.75. The Morgan fingerprint density at radius 2 is 1.71 bits per heavy atom. The highest BCUT2D eigenvalue weighted by atomic mass is 35.5. The number of rotatable bonds is 3. The van der Waals surface area contributed by atoms with Crippen molar-refractivity contribution >= 4 is 23.6 Å². The molecule has 0 unspecified atom stereocenters. The van der Waals surface area contributed by atoms with Crippen LogP contribution in [0.2, 0.25) is 5.15 Å². The van der Waals surface area contributed by atoms with Crippen LogP contribution >= 0.6 is 11.6 Å². The second-order valence-electron chi connectivity index (χ2n) is 10.6. The van der Waals surface area contributed by atoms with Crippen molar-refractivity contribution in [2.24, 2.45) is 12.5 Å². The minimum atomic E-state index is -0.485. The Morgan fingerprint density at radius 1 is 1.12 bits per heavy atom. The number of aryl methyl sites for hydroxylation is 2. The maximum absolute atomic E-state index is 13.2. The van der Waals surface area contributed by atoms with E-state index in [4.69, 9.17) is 20.9 Å². The first-order chi connectivity index (χ1) is 16.0. The van der Waals surface area contributed by atoms with Gasteiger partial charge in [-0.2, -0.15) is 5.10 Å². The van der Waals surface area contributed by atoms with Gasteiger partial charge in [-0.1, -0.05) is 16.8 Å². The molecule has 2 aromatic rings. The fraction of sp³-hybridized carbons (Fsp3) is 0.667. The van der Waals surface area contributed by atoms with E-state index in [1.54, 1.807) is 17.8 Å². The number of likely N-dealkylation sites (tertiary alicyclic amines) is 2. The number of ether oxygens (including phenoxy) is 1. The molecular weight excluding hydrogens is 458 g/mol. The molecule has 0 saturated carbocycles. The van der Waals surface area contributed by atoms with Crippen LogP contribution in [0.25, 0.3) is 11.4 Å². The summed E-state index contributed by atoms with van der Waals surface area (Å²) < 4.78 is 12.3. The van der Waals surface area contributed by atoms with Crippen molar-refractivity contribution in [3.8, 4) is 11.4 Å². The van der Waals surface area contributed by atoms with E-state index in [1.807, 2.05) is 37.5 Å². The summed E-state index contributed by atoms with van der Waals surface area (Å²) in [5.74, 6) is 0.713. The quantitative estimate of drug-likeness (QED) is 0.638. The minimum Gasteiger partial charge on any atom is -0.444 e. The van der Waals surface area contributed by atoms with Gasteiger partial charge in [-0.05, 0) is 58.8 Å². The molecule has 2 saturated heterocycles. The highest BCUT2D eigenvalue weighted by Gasteiger charge is 2.40. The molecule has 0 bridgehead atoms. The van der Waals surface area contributed by atoms with Crippen molar-refractivity contribution < 1.29 is 18.8 Å². The zero-order valence-corrected chi connectivity index (χ0v) is 21.4. The van der Waals surface area contributed by atoms with Gasteiger partial charge < -0.3 is 19.1 Å². The lowest BCUT2D eigenvalue weighted by atomic mass is 9.71. The Kier molecular flexibility index (Phi) is 6.68. The fourth-order valence-corrected chi connectivity index (χ4v) is 5.07. The zero-order valence-electron chi connectivity index (χ0n) is 20.7. The first-order valence-corrected chi connectivity index (χ1v) is 12.2. The van der Waals surface area contributed by atoms with Gasteiger partial charge in [0, 0.05) is 44.9 Å². The number of aromatic nitrogens is 3. The van der Waals surface area contributed by atoms with Crippen molar-refractivity contribution in [1.82, 2.24) is 24.7 Å². The van der Waals surface area contributed by atoms with Crippen LogP contribution in [0, 0.1) is 12.3 Å². The van der Waals surface area contributed by atoms with Gasteiger partial charge in [-0.3, -0.25) is 9.48 Å². The highest BCUT2D eigenvalue weighted by Crippen LogP contribution is 2.41. The second-order valence-corrected chi connectivity index (χ2v) is 10.9. The largest absolute Gasteiger partial charge is 0.444 e. The van der Waals surface area contributed by atoms with Gasteiger partial charge in [-0.25, -0.2) is 4.79 Å². The molecule has 34 heavy (non-hydrogen) atoms. The molecule has 1 spiro atoms. The third-order valence-corrected chi connectivity index (χ3v) is 7.39. The van der Waals surface area contributed by atoms with Crippen LogP contribution in [0.3, 0.4) is 0 Å². The fourth-order valence-electron chi connectivity index (χ4n) is 4.87. The predicted octanol–water partition coefficient (Wildman–Crippen LogP) is 4.22. The Labute approximate surface area is 205 Å². The maximum Gasteiger partial charge on any atom is 0.410 e. The summed E-state index contributed by atoms with van der Waals surface area (Å²) in [5.41, 5.74) is 1.54. The monoisotopic (exact) mass is 491 g/mol. The molecule has 2 fully saturated rings. The molecule has 10 heteroatoms. The first-order valence-electron chi connectivity index (χ1n) is 11.9. The van der Waals surface area contributed by atoms with Crippen LogP contribution in [0.4, 0.5) is 4.79 Å². The Hall–Kier alpha value is -2.55. The van der Waals surface area contributed by atoms with Crippen LogP contribution in [-0.2, 0) is 23.0 Å². The number of carbonyl (C=O) groups is 2. The van der Waals surface area contributed by atoms with Gasteiger partial charge in [-0.15, -0.1) is 0 Å². The smallest absolute Gasteiger partial charge is 0.410 e. The van der Waals surface area contributed by atoms with Crippen molar-refractivity contribution in [1.29, 1.82) is 0 Å². The van der Waals surface area contributed by atoms with E-state index in [-0.39, 0.29) is 23.8 Å². The zero-order chi connectivity index (χ0) is 24.7. The van der Waals surface area contributed by atoms with E-state index in [2.05, 4.69) is 10.3 Å². The topological polar surface area (TPSA) is 93.7 Å². The number of amides is 2. The molecule has 2 aliphatic rings. The molecular formula is C24H34ClN5O4. The number of halogens is 1. The van der Waals surface area contributed by atoms with E-state index in [0.717, 1.165) is 25.7 Å². The average Bonchev–Trinajstić information content (AvgIpc) is 3.32. The number of hydrogen-bond acceptors (Lipinski definition) is 6. The summed E-state index contributed by atoms with van der Waals surface area (Å²) in [6, 6.07) is 1.79. The SMILES string of the molecule is Cc1cc(-c2nn(C)c(Cl)c2CC(=O)N2CCC3(CC2)CCN(C(=O)OC(C)(C)C)CC3)no1. The molecule has 2 aliphatic heterocycles. The van der Waals surface area contributed by atoms with E-state index in [0.29, 0.717) is 54.0 Å². The lowest BCUT2D eigenvalue weighted by Crippen LogP contribution is -2.50. The molecule has 0 aliphatic carbocycles. The van der Waals surface area contributed by atoms with Gasteiger partial charge in [0.2, 0.25) is 5.91 Å². The predicted molar refractivity (Wildman–Crippen MR) is 127 cm³/mol. The summed E-state index contributed by atoms with van der Waals surface area (Å²) >= 11 is 6.48. The van der Waals surface area contributed by atoms with Gasteiger partial charge >= 0.3 is 6.09 Å². The molecule has 9 nitrogen and oxygen atoms in total. The average molecular weight is 492 g/mol. The number of carbonyl (C=O) groups excluding carboxylic acids is 2. The lowest BCUT2D eigenvalue weighted by molar-refractivity contribution is -0.133. The van der Waals surface area contributed by atoms with Gasteiger partial charge in [0.05, 0.1) is 6.42 Å². The Balaban J connectivity index is 1.34. The van der Waals surface area contributed by atoms with Gasteiger partial charge in [0.25, 0.3) is 0 Å². The van der Waals surface area contributed by atoms with E-state index in [1.165, 1.54) is 0 Å². The third-order valence-electron chi connectivity index (χ3n) is 6.92. The highest BCUT2D eigenvalue weighted by molar-refractivity contribution is 6.31. The Morgan fingerprint density at radius 3 is 2.24 bits per heavy atom. The molecule has 0 atom stereocenters. The third kappa shape index (κ3) is 5.24. The van der Waals surface area contributed by atoms with Gasteiger partial charge in [0.15, 0.2) is 0 Å². The second kappa shape index (κ2) is 9.24. The number of hydrogen-bond donors (Lipinski definition) is 0. The summed E-state index contributed by atoms with van der Waals surface area (Å²) in [5, 5.41) is 8.93. The van der Waals surface area contributed by atoms with E-state index in [9.17, 15) is 9.59 Å². The Bertz CT molecular complexity index is 1050. The van der Waals surface area contributed by atoms with Crippen molar-refractivity contribution in [3.63, 3.8) is 0 Å². The molecule has 186 valence electrons. The summed E-state index contributed by atoms with van der Waals surface area (Å²) in [6.45, 7) is 10.3. The van der Waals surface area contributed by atoms with Crippen LogP contribution in [0.15, 0.2) is 10.6 Å². The number of piperidine rings is 2. The molecule has 2 amide bonds. The van der Waals surface area contributed by atoms with Crippen molar-refractivity contribution in [3.05, 3.63) is 22.5 Å². The van der Waals surface area contributed by atoms with Crippen LogP contribution in [0.1, 0.15) is 57.8 Å².